The Kier molecular flexibility index (Phi) is 44.6. The molecule has 0 bridgehead atoms. The molecule has 6 aromatic carbocycles. The molecule has 0 atom stereocenters. The Labute approximate surface area is 538 Å². The van der Waals surface area contributed by atoms with E-state index < -0.39 is 92.8 Å². The van der Waals surface area contributed by atoms with Crippen LogP contribution in [0.4, 0.5) is 17.1 Å². The molecule has 33 heteroatoms. The van der Waals surface area contributed by atoms with Crippen LogP contribution in [-0.2, 0) is 37.7 Å². The number of Topliss-reactive ketones (excluding diaryl/α,β-unsaturated/α-hetero) is 4. The number of phenols is 2. The lowest BCUT2D eigenvalue weighted by molar-refractivity contribution is -0.385. The number of anilines is 1. The molecule has 92 heavy (non-hydrogen) atoms. The number of nitrogens with two attached hydrogens (primary N) is 1. The zero-order chi connectivity index (χ0) is 70.0. The average molecular weight is 1360 g/mol. The van der Waals surface area contributed by atoms with E-state index >= 15 is 0 Å². The molecule has 0 fully saturated rings. The van der Waals surface area contributed by atoms with Crippen molar-refractivity contribution >= 4 is 85.5 Å². The first-order chi connectivity index (χ1) is 42.9. The van der Waals surface area contributed by atoms with Crippen molar-refractivity contribution in [1.29, 1.82) is 0 Å². The number of nitro groups is 2. The third-order valence-electron chi connectivity index (χ3n) is 10.0. The molecule has 30 nitrogen and oxygen atoms in total. The van der Waals surface area contributed by atoms with Gasteiger partial charge in [-0.3, -0.25) is 53.5 Å². The molecule has 0 unspecified atom stereocenters. The number of methoxy groups -OCH3 is 4. The number of aliphatic hydroxyl groups is 5. The number of hydrogen-bond donors (Lipinski definition) is 9. The minimum Gasteiger partial charge on any atom is -0.504 e. The number of halogens is 2. The average Bonchev–Trinajstić information content (AvgIpc) is 0.882. The number of phenolic OH excluding ortho intramolecular Hbond substituents is 2. The molecule has 0 aliphatic carbocycles. The summed E-state index contributed by atoms with van der Waals surface area (Å²) in [6, 6.07) is 30.6. The Morgan fingerprint density at radius 2 is 0.848 bits per heavy atom. The fourth-order valence-corrected chi connectivity index (χ4v) is 6.26. The second-order valence-corrected chi connectivity index (χ2v) is 18.9. The molecule has 0 spiro atoms. The van der Waals surface area contributed by atoms with Crippen molar-refractivity contribution < 1.29 is 120 Å². The van der Waals surface area contributed by atoms with E-state index in [-0.39, 0.29) is 82.9 Å². The largest absolute Gasteiger partial charge is 0.504 e. The summed E-state index contributed by atoms with van der Waals surface area (Å²) in [5.74, 6) is -2.69. The summed E-state index contributed by atoms with van der Waals surface area (Å²) < 4.78 is 60.9. The molecule has 0 aromatic heterocycles. The van der Waals surface area contributed by atoms with E-state index in [0.717, 1.165) is 29.3 Å². The minimum absolute atomic E-state index is 0. The van der Waals surface area contributed by atoms with E-state index in [1.54, 1.807) is 25.1 Å². The Hall–Kier alpha value is -9.57. The van der Waals surface area contributed by atoms with Crippen LogP contribution in [-0.4, -0.2) is 167 Å². The highest BCUT2D eigenvalue weighted by Gasteiger charge is 2.25. The molecule has 0 aliphatic rings. The first-order valence-electron chi connectivity index (χ1n) is 25.4. The molecule has 0 saturated heterocycles. The van der Waals surface area contributed by atoms with Crippen molar-refractivity contribution in [3.05, 3.63) is 169 Å². The van der Waals surface area contributed by atoms with Crippen LogP contribution in [0, 0.1) is 20.2 Å². The highest BCUT2D eigenvalue weighted by molar-refractivity contribution is 7.85. The lowest BCUT2D eigenvalue weighted by Crippen LogP contribution is -2.09. The first-order valence-corrected chi connectivity index (χ1v) is 28.3. The van der Waals surface area contributed by atoms with Gasteiger partial charge in [-0.05, 0) is 42.3 Å². The molecule has 6 rings (SSSR count). The van der Waals surface area contributed by atoms with Crippen molar-refractivity contribution in [1.82, 2.24) is 0 Å². The van der Waals surface area contributed by atoms with Crippen molar-refractivity contribution in [2.45, 2.75) is 41.4 Å². The number of benzene rings is 6. The maximum atomic E-state index is 11.6. The lowest BCUT2D eigenvalue weighted by Gasteiger charge is -2.12. The van der Waals surface area contributed by atoms with Gasteiger partial charge in [0.25, 0.3) is 21.5 Å². The number of hydrogen-bond acceptors (Lipinski definition) is 27. The third kappa shape index (κ3) is 34.4. The zero-order valence-corrected chi connectivity index (χ0v) is 52.4. The van der Waals surface area contributed by atoms with Crippen LogP contribution in [0.1, 0.15) is 80.8 Å². The van der Waals surface area contributed by atoms with Gasteiger partial charge in [-0.15, -0.1) is 23.2 Å². The molecule has 10 N–H and O–H groups in total. The molecule has 0 aliphatic heterocycles. The summed E-state index contributed by atoms with van der Waals surface area (Å²) in [5.41, 5.74) is 6.52. The predicted octanol–water partition coefficient (Wildman–Crippen LogP) is 7.10. The zero-order valence-electron chi connectivity index (χ0n) is 50.1. The van der Waals surface area contributed by atoms with E-state index in [0.29, 0.717) is 29.9 Å². The van der Waals surface area contributed by atoms with Gasteiger partial charge in [0.05, 0.1) is 62.0 Å². The second-order valence-electron chi connectivity index (χ2n) is 16.7. The minimum atomic E-state index is -3.67. The van der Waals surface area contributed by atoms with E-state index in [9.17, 15) is 67.6 Å². The molecule has 0 saturated carbocycles. The van der Waals surface area contributed by atoms with Gasteiger partial charge >= 0.3 is 11.9 Å². The summed E-state index contributed by atoms with van der Waals surface area (Å²) in [4.78, 5) is 85.3. The summed E-state index contributed by atoms with van der Waals surface area (Å²) >= 11 is 9.53. The Morgan fingerprint density at radius 1 is 0.522 bits per heavy atom. The van der Waals surface area contributed by atoms with Crippen LogP contribution in [0.5, 0.6) is 46.0 Å². The highest BCUT2D eigenvalue weighted by Crippen LogP contribution is 2.37. The van der Waals surface area contributed by atoms with Gasteiger partial charge in [0.2, 0.25) is 0 Å². The van der Waals surface area contributed by atoms with Crippen molar-refractivity contribution in [3.63, 3.8) is 0 Å². The smallest absolute Gasteiger partial charge is 0.310 e. The molecular weight excluding hydrogens is 1290 g/mol. The van der Waals surface area contributed by atoms with Crippen molar-refractivity contribution in [2.24, 2.45) is 0 Å². The van der Waals surface area contributed by atoms with Crippen LogP contribution in [0.25, 0.3) is 0 Å². The van der Waals surface area contributed by atoms with Gasteiger partial charge in [0.1, 0.15) is 50.8 Å². The van der Waals surface area contributed by atoms with Crippen LogP contribution in [0.2, 0.25) is 0 Å². The molecule has 506 valence electrons. The number of alkyl halides is 2. The fraction of sp³-hybridized carbons (Fsp3) is 0.288. The van der Waals surface area contributed by atoms with Gasteiger partial charge in [0.15, 0.2) is 69.1 Å². The molecule has 0 heterocycles. The van der Waals surface area contributed by atoms with Gasteiger partial charge in [0, 0.05) is 55.5 Å². The van der Waals surface area contributed by atoms with Gasteiger partial charge in [-0.1, -0.05) is 68.1 Å². The molecular formula is C59H73Cl2N3O27S. The lowest BCUT2D eigenvalue weighted by atomic mass is 10.1. The maximum absolute atomic E-state index is 11.6. The van der Waals surface area contributed by atoms with Crippen LogP contribution in [0.3, 0.4) is 0 Å². The second kappa shape index (κ2) is 47.4. The number of ketones is 4. The van der Waals surface area contributed by atoms with Crippen molar-refractivity contribution in [2.75, 3.05) is 78.8 Å². The molecule has 6 aromatic rings. The number of nitrogens with zero attached hydrogens (tertiary/aromatic N) is 2. The number of nitrogen functional groups attached to an aromatic ring is 1. The molecule has 0 radical (unpaired) electrons. The number of carbonyl (C=O) groups excluding carboxylic acids is 6. The number of rotatable bonds is 20. The van der Waals surface area contributed by atoms with Gasteiger partial charge in [-0.25, -0.2) is 0 Å². The summed E-state index contributed by atoms with van der Waals surface area (Å²) in [6.45, 7) is 2.09. The Bertz CT molecular complexity index is 3390. The van der Waals surface area contributed by atoms with E-state index in [2.05, 4.69) is 4.74 Å². The topological polar surface area (TPSA) is 475 Å². The number of ether oxygens (including phenoxy) is 7. The monoisotopic (exact) mass is 1360 g/mol. The number of aliphatic hydroxyl groups excluding tert-OH is 5. The Morgan fingerprint density at radius 3 is 1.20 bits per heavy atom. The van der Waals surface area contributed by atoms with Crippen LogP contribution in [0.15, 0.2) is 115 Å². The van der Waals surface area contributed by atoms with Crippen molar-refractivity contribution in [3.8, 4) is 46.0 Å². The normalized spacial score (nSPS) is 9.57. The van der Waals surface area contributed by atoms with E-state index in [4.69, 9.17) is 87.4 Å². The van der Waals surface area contributed by atoms with Crippen LogP contribution < -0.4 is 34.2 Å². The van der Waals surface area contributed by atoms with E-state index in [1.807, 2.05) is 60.7 Å². The number of carbonyl (C=O) groups is 6. The standard InChI is InChI=1S/C16H15NO6.C16H16O4.C9H9NO6.C9H11NO4.C4H6O3.C2H6O.CH2Cl2.CH4O3S.CH4/c1-22-15-7-12(14(19)9-18)13(17(20)21)8-16(15)23-10-11-5-3-2-4-6-11;1-19-16-9-13(14(18)10-17)7-8-15(16)20-11-12-5-3-2-4-6-12;1-16-9-2-5(8(13)4-11)6(10(14)15)3-7(9)12;1-14-9-2-5(8(13)4-11)6(10)3-7(9)12;1-3(5)7-4(2)6;1-2-3;2-1-3;1-5(2,3)4;/h2-8,18H,9-10H2,1H3;2-9,17H,10-11H2,1H3;2-3,11-12H,4H2,1H3;2-3,11-12H,4,10H2,1H3;1-2H3;3H,2H2,1H3;1H2;1H3,(H,2,3,4);1H4. The van der Waals surface area contributed by atoms with Crippen LogP contribution >= 0.6 is 23.2 Å². The van der Waals surface area contributed by atoms with E-state index in [1.165, 1.54) is 60.5 Å². The number of esters is 2. The summed E-state index contributed by atoms with van der Waals surface area (Å²) in [6.07, 6.45) is 0.715. The fourth-order valence-electron chi connectivity index (χ4n) is 6.26. The first kappa shape index (κ1) is 86.6. The van der Waals surface area contributed by atoms with Gasteiger partial charge in [-0.2, -0.15) is 8.42 Å². The summed E-state index contributed by atoms with van der Waals surface area (Å²) in [5, 5.41) is 83.2. The van der Waals surface area contributed by atoms with Gasteiger partial charge < -0.3 is 74.6 Å². The quantitative estimate of drug-likeness (QED) is 0.00537. The number of nitro benzene ring substituents is 2. The third-order valence-corrected chi connectivity index (χ3v) is 10.0. The summed E-state index contributed by atoms with van der Waals surface area (Å²) in [7, 11) is 1.81. The number of aromatic hydroxyl groups is 2. The SMILES string of the molecule is C.CC(=O)OC(C)=O.CCO.COc1cc(C(=O)CO)c(N)cc1O.COc1cc(C(=O)CO)c([N+](=O)[O-])cc1O.COc1cc(C(=O)CO)c([N+](=O)[O-])cc1OCc1ccccc1.COc1cc(C(=O)CO)ccc1OCc1ccccc1.CS(=O)(=O)O.ClCCl. The highest BCUT2D eigenvalue weighted by atomic mass is 35.5. The molecule has 0 amide bonds. The Balaban J connectivity index is -0.00000106. The maximum Gasteiger partial charge on any atom is 0.310 e. The predicted molar refractivity (Wildman–Crippen MR) is 336 cm³/mol.